The van der Waals surface area contributed by atoms with E-state index in [1.54, 1.807) is 21.3 Å². The first kappa shape index (κ1) is 26.4. The van der Waals surface area contributed by atoms with Crippen LogP contribution in [-0.4, -0.2) is 64.3 Å². The molecule has 37 heavy (non-hydrogen) atoms. The lowest BCUT2D eigenvalue weighted by atomic mass is 9.94. The Bertz CT molecular complexity index is 1180. The molecule has 198 valence electrons. The molecule has 2 aromatic rings. The van der Waals surface area contributed by atoms with E-state index in [1.165, 1.54) is 0 Å². The van der Waals surface area contributed by atoms with Crippen molar-refractivity contribution in [2.24, 2.45) is 0 Å². The molecule has 8 nitrogen and oxygen atoms in total. The molecular formula is C29H36N2O6. The van der Waals surface area contributed by atoms with Crippen molar-refractivity contribution in [2.45, 2.75) is 39.7 Å². The lowest BCUT2D eigenvalue weighted by molar-refractivity contribution is -0.131. The molecule has 1 saturated heterocycles. The topological polar surface area (TPSA) is 77.5 Å². The van der Waals surface area contributed by atoms with Gasteiger partial charge in [-0.1, -0.05) is 11.6 Å². The van der Waals surface area contributed by atoms with Crippen LogP contribution in [0.25, 0.3) is 0 Å². The van der Waals surface area contributed by atoms with Crippen LogP contribution in [0.3, 0.4) is 0 Å². The molecule has 0 aliphatic carbocycles. The van der Waals surface area contributed by atoms with Crippen molar-refractivity contribution in [3.63, 3.8) is 0 Å². The van der Waals surface area contributed by atoms with Gasteiger partial charge in [0.15, 0.2) is 0 Å². The first-order valence-electron chi connectivity index (χ1n) is 12.6. The number of benzene rings is 2. The van der Waals surface area contributed by atoms with Gasteiger partial charge in [-0.15, -0.1) is 0 Å². The maximum absolute atomic E-state index is 12.9. The second-order valence-corrected chi connectivity index (χ2v) is 9.42. The highest BCUT2D eigenvalue weighted by Gasteiger charge is 2.32. The summed E-state index contributed by atoms with van der Waals surface area (Å²) >= 11 is 0. The number of rotatable bonds is 9. The molecule has 0 bridgehead atoms. The molecule has 0 spiro atoms. The summed E-state index contributed by atoms with van der Waals surface area (Å²) in [5, 5.41) is 0. The fraction of sp³-hybridized carbons (Fsp3) is 0.448. The normalized spacial score (nSPS) is 15.4. The predicted octanol–water partition coefficient (Wildman–Crippen LogP) is 4.31. The zero-order valence-corrected chi connectivity index (χ0v) is 22.4. The molecule has 2 aliphatic rings. The average molecular weight is 509 g/mol. The van der Waals surface area contributed by atoms with Gasteiger partial charge in [-0.3, -0.25) is 4.79 Å². The van der Waals surface area contributed by atoms with Gasteiger partial charge in [-0.2, -0.15) is 0 Å². The number of piperazine rings is 1. The Morgan fingerprint density at radius 1 is 0.973 bits per heavy atom. The van der Waals surface area contributed by atoms with Crippen molar-refractivity contribution in [2.75, 3.05) is 52.4 Å². The van der Waals surface area contributed by atoms with Gasteiger partial charge < -0.3 is 28.7 Å². The van der Waals surface area contributed by atoms with Crippen LogP contribution in [0.2, 0.25) is 0 Å². The SMILES string of the molecule is COc1ccc(N2CCN(C(=O)CC/C(C)=C/Cc3c(OC)c(C)c4c(c3OC)C(=O)OC4)CC2)cc1. The van der Waals surface area contributed by atoms with Crippen molar-refractivity contribution in [1.82, 2.24) is 4.90 Å². The van der Waals surface area contributed by atoms with Crippen LogP contribution in [0.4, 0.5) is 5.69 Å². The number of carbonyl (C=O) groups is 2. The van der Waals surface area contributed by atoms with E-state index < -0.39 is 0 Å². The predicted molar refractivity (Wildman–Crippen MR) is 142 cm³/mol. The first-order chi connectivity index (χ1) is 17.9. The molecule has 0 saturated carbocycles. The summed E-state index contributed by atoms with van der Waals surface area (Å²) < 4.78 is 21.8. The van der Waals surface area contributed by atoms with E-state index in [4.69, 9.17) is 18.9 Å². The molecule has 0 aromatic heterocycles. The molecule has 1 amide bonds. The number of fused-ring (bicyclic) bond motifs is 1. The molecule has 4 rings (SSSR count). The Morgan fingerprint density at radius 3 is 2.27 bits per heavy atom. The van der Waals surface area contributed by atoms with Crippen molar-refractivity contribution in [3.8, 4) is 17.2 Å². The lowest BCUT2D eigenvalue weighted by Gasteiger charge is -2.36. The van der Waals surface area contributed by atoms with Gasteiger partial charge in [0.25, 0.3) is 0 Å². The molecule has 0 radical (unpaired) electrons. The number of amides is 1. The molecule has 2 heterocycles. The molecule has 0 N–H and O–H groups in total. The summed E-state index contributed by atoms with van der Waals surface area (Å²) in [7, 11) is 4.84. The fourth-order valence-electron chi connectivity index (χ4n) is 5.08. The standard InChI is InChI=1S/C29H36N2O6/c1-19(6-12-23-27(35-4)20(2)24-18-37-29(33)26(24)28(23)36-5)7-13-25(32)31-16-14-30(15-17-31)21-8-10-22(34-3)11-9-21/h6,8-11H,7,12-18H2,1-5H3/b19-6+. The van der Waals surface area contributed by atoms with Gasteiger partial charge >= 0.3 is 5.97 Å². The summed E-state index contributed by atoms with van der Waals surface area (Å²) in [5.41, 5.74) is 5.28. The quantitative estimate of drug-likeness (QED) is 0.369. The highest BCUT2D eigenvalue weighted by Crippen LogP contribution is 2.42. The monoisotopic (exact) mass is 508 g/mol. The summed E-state index contributed by atoms with van der Waals surface area (Å²) in [6, 6.07) is 8.03. The number of cyclic esters (lactones) is 1. The summed E-state index contributed by atoms with van der Waals surface area (Å²) in [5.74, 6) is 1.87. The highest BCUT2D eigenvalue weighted by atomic mass is 16.5. The number of nitrogens with zero attached hydrogens (tertiary/aromatic N) is 2. The highest BCUT2D eigenvalue weighted by molar-refractivity contribution is 5.98. The number of allylic oxidation sites excluding steroid dienone is 2. The Morgan fingerprint density at radius 2 is 1.65 bits per heavy atom. The van der Waals surface area contributed by atoms with Crippen molar-refractivity contribution < 1.29 is 28.5 Å². The van der Waals surface area contributed by atoms with E-state index >= 15 is 0 Å². The van der Waals surface area contributed by atoms with Gasteiger partial charge in [0, 0.05) is 49.4 Å². The van der Waals surface area contributed by atoms with Crippen LogP contribution in [0.5, 0.6) is 17.2 Å². The number of carbonyl (C=O) groups excluding carboxylic acids is 2. The minimum absolute atomic E-state index is 0.174. The van der Waals surface area contributed by atoms with Crippen molar-refractivity contribution in [3.05, 3.63) is 58.2 Å². The number of anilines is 1. The van der Waals surface area contributed by atoms with Crippen molar-refractivity contribution in [1.29, 1.82) is 0 Å². The Balaban J connectivity index is 1.34. The fourth-order valence-corrected chi connectivity index (χ4v) is 5.08. The van der Waals surface area contributed by atoms with Crippen LogP contribution >= 0.6 is 0 Å². The van der Waals surface area contributed by atoms with E-state index in [0.717, 1.165) is 46.8 Å². The number of hydrogen-bond acceptors (Lipinski definition) is 7. The van der Waals surface area contributed by atoms with E-state index in [1.807, 2.05) is 30.9 Å². The largest absolute Gasteiger partial charge is 0.497 e. The van der Waals surface area contributed by atoms with Crippen LogP contribution in [-0.2, 0) is 22.6 Å². The maximum atomic E-state index is 12.9. The van der Waals surface area contributed by atoms with E-state index in [9.17, 15) is 9.59 Å². The number of hydrogen-bond donors (Lipinski definition) is 0. The molecular weight excluding hydrogens is 472 g/mol. The molecule has 1 fully saturated rings. The van der Waals surface area contributed by atoms with Gasteiger partial charge in [-0.05, 0) is 56.5 Å². The van der Waals surface area contributed by atoms with Crippen LogP contribution in [0.1, 0.15) is 46.8 Å². The lowest BCUT2D eigenvalue weighted by Crippen LogP contribution is -2.48. The third-order valence-electron chi connectivity index (χ3n) is 7.29. The third kappa shape index (κ3) is 5.53. The van der Waals surface area contributed by atoms with Crippen molar-refractivity contribution >= 4 is 17.6 Å². The smallest absolute Gasteiger partial charge is 0.342 e. The second-order valence-electron chi connectivity index (χ2n) is 9.42. The first-order valence-corrected chi connectivity index (χ1v) is 12.6. The number of methoxy groups -OCH3 is 3. The maximum Gasteiger partial charge on any atom is 0.342 e. The Labute approximate surface area is 218 Å². The van der Waals surface area contributed by atoms with Gasteiger partial charge in [0.2, 0.25) is 5.91 Å². The number of ether oxygens (including phenoxy) is 4. The minimum atomic E-state index is -0.364. The summed E-state index contributed by atoms with van der Waals surface area (Å²) in [6.07, 6.45) is 3.76. The van der Waals surface area contributed by atoms with E-state index in [-0.39, 0.29) is 18.5 Å². The van der Waals surface area contributed by atoms with Gasteiger partial charge in [0.1, 0.15) is 29.4 Å². The van der Waals surface area contributed by atoms with Gasteiger partial charge in [-0.25, -0.2) is 4.79 Å². The average Bonchev–Trinajstić information content (AvgIpc) is 3.32. The molecule has 2 aromatic carbocycles. The zero-order chi connectivity index (χ0) is 26.5. The Hall–Kier alpha value is -3.68. The second kappa shape index (κ2) is 11.6. The van der Waals surface area contributed by atoms with Crippen LogP contribution < -0.4 is 19.1 Å². The van der Waals surface area contributed by atoms with Crippen LogP contribution in [0.15, 0.2) is 35.9 Å². The summed E-state index contributed by atoms with van der Waals surface area (Å²) in [6.45, 7) is 7.26. The minimum Gasteiger partial charge on any atom is -0.497 e. The molecule has 0 unspecified atom stereocenters. The van der Waals surface area contributed by atoms with Crippen LogP contribution in [0, 0.1) is 6.92 Å². The Kier molecular flexibility index (Phi) is 8.26. The van der Waals surface area contributed by atoms with Gasteiger partial charge in [0.05, 0.1) is 21.3 Å². The summed E-state index contributed by atoms with van der Waals surface area (Å²) in [4.78, 5) is 29.5. The molecule has 2 aliphatic heterocycles. The number of esters is 1. The van der Waals surface area contributed by atoms with E-state index in [2.05, 4.69) is 23.1 Å². The molecule has 0 atom stereocenters. The third-order valence-corrected chi connectivity index (χ3v) is 7.29. The molecule has 8 heteroatoms. The zero-order valence-electron chi connectivity index (χ0n) is 22.4. The van der Waals surface area contributed by atoms with E-state index in [0.29, 0.717) is 49.4 Å².